The zero-order valence-electron chi connectivity index (χ0n) is 10.6. The first-order chi connectivity index (χ1) is 9.33. The van der Waals surface area contributed by atoms with Crippen LogP contribution in [0, 0.1) is 6.92 Å². The molecular formula is C14H14N4O. The van der Waals surface area contributed by atoms with Crippen LogP contribution in [-0.2, 0) is 6.54 Å². The molecule has 1 N–H and O–H groups in total. The smallest absolute Gasteiger partial charge is 0.138 e. The first-order valence-corrected chi connectivity index (χ1v) is 6.05. The van der Waals surface area contributed by atoms with E-state index in [1.807, 2.05) is 37.3 Å². The zero-order valence-corrected chi connectivity index (χ0v) is 10.6. The number of aromatic nitrogens is 3. The van der Waals surface area contributed by atoms with Crippen LogP contribution in [-0.4, -0.2) is 14.8 Å². The molecular weight excluding hydrogens is 240 g/mol. The van der Waals surface area contributed by atoms with E-state index in [9.17, 15) is 0 Å². The van der Waals surface area contributed by atoms with Crippen LogP contribution < -0.4 is 5.32 Å². The topological polar surface area (TPSA) is 55.9 Å². The Morgan fingerprint density at radius 2 is 2.05 bits per heavy atom. The number of rotatable bonds is 4. The summed E-state index contributed by atoms with van der Waals surface area (Å²) >= 11 is 0. The molecule has 19 heavy (non-hydrogen) atoms. The third kappa shape index (κ3) is 2.49. The zero-order chi connectivity index (χ0) is 13.1. The third-order valence-corrected chi connectivity index (χ3v) is 2.97. The van der Waals surface area contributed by atoms with Crippen LogP contribution in [0.15, 0.2) is 53.7 Å². The van der Waals surface area contributed by atoms with Crippen molar-refractivity contribution in [3.63, 3.8) is 0 Å². The second-order valence-electron chi connectivity index (χ2n) is 4.27. The number of hydrogen-bond donors (Lipinski definition) is 1. The normalized spacial score (nSPS) is 10.6. The predicted octanol–water partition coefficient (Wildman–Crippen LogP) is 2.78. The first kappa shape index (κ1) is 11.5. The Hall–Kier alpha value is -2.56. The summed E-state index contributed by atoms with van der Waals surface area (Å²) in [5.74, 6) is 0.959. The molecule has 0 fully saturated rings. The minimum absolute atomic E-state index is 0.682. The van der Waals surface area contributed by atoms with Crippen LogP contribution in [0.5, 0.6) is 0 Å². The van der Waals surface area contributed by atoms with Crippen LogP contribution in [0.1, 0.15) is 11.3 Å². The van der Waals surface area contributed by atoms with E-state index >= 15 is 0 Å². The van der Waals surface area contributed by atoms with Crippen molar-refractivity contribution < 1.29 is 4.42 Å². The van der Waals surface area contributed by atoms with Crippen molar-refractivity contribution >= 4 is 5.69 Å². The standard InChI is InChI=1S/C14H14N4O/c1-11-6-7-19-14(11)8-16-12-2-4-13(5-3-12)18-10-15-9-17-18/h2-7,9-10,16H,8H2,1H3. The van der Waals surface area contributed by atoms with Gasteiger partial charge in [0.1, 0.15) is 18.4 Å². The summed E-state index contributed by atoms with van der Waals surface area (Å²) in [5, 5.41) is 7.41. The van der Waals surface area contributed by atoms with E-state index in [1.165, 1.54) is 6.33 Å². The summed E-state index contributed by atoms with van der Waals surface area (Å²) in [6.07, 6.45) is 4.90. The molecule has 0 aliphatic rings. The number of furan rings is 1. The molecule has 0 aliphatic carbocycles. The molecule has 3 aromatic rings. The molecule has 2 aromatic heterocycles. The average molecular weight is 254 g/mol. The molecule has 3 rings (SSSR count). The molecule has 0 unspecified atom stereocenters. The number of nitrogens with one attached hydrogen (secondary N) is 1. The van der Waals surface area contributed by atoms with E-state index in [0.29, 0.717) is 6.54 Å². The lowest BCUT2D eigenvalue weighted by molar-refractivity contribution is 0.515. The molecule has 0 amide bonds. The maximum Gasteiger partial charge on any atom is 0.138 e. The third-order valence-electron chi connectivity index (χ3n) is 2.97. The molecule has 0 atom stereocenters. The minimum Gasteiger partial charge on any atom is -0.467 e. The van der Waals surface area contributed by atoms with E-state index in [2.05, 4.69) is 15.4 Å². The molecule has 0 aliphatic heterocycles. The van der Waals surface area contributed by atoms with Crippen molar-refractivity contribution in [3.05, 3.63) is 60.6 Å². The van der Waals surface area contributed by atoms with Gasteiger partial charge in [-0.25, -0.2) is 9.67 Å². The summed E-state index contributed by atoms with van der Waals surface area (Å²) in [7, 11) is 0. The number of anilines is 1. The van der Waals surface area contributed by atoms with Gasteiger partial charge in [-0.2, -0.15) is 5.10 Å². The Morgan fingerprint density at radius 3 is 2.68 bits per heavy atom. The Kier molecular flexibility index (Phi) is 3.02. The summed E-state index contributed by atoms with van der Waals surface area (Å²) < 4.78 is 7.11. The van der Waals surface area contributed by atoms with E-state index in [1.54, 1.807) is 17.3 Å². The molecule has 5 heteroatoms. The summed E-state index contributed by atoms with van der Waals surface area (Å²) in [6.45, 7) is 2.72. The van der Waals surface area contributed by atoms with Gasteiger partial charge < -0.3 is 9.73 Å². The summed E-state index contributed by atoms with van der Waals surface area (Å²) in [5.41, 5.74) is 3.18. The molecule has 0 bridgehead atoms. The Bertz CT molecular complexity index is 640. The quantitative estimate of drug-likeness (QED) is 0.777. The largest absolute Gasteiger partial charge is 0.467 e. The maximum absolute atomic E-state index is 5.38. The van der Waals surface area contributed by atoms with Gasteiger partial charge in [0.2, 0.25) is 0 Å². The molecule has 96 valence electrons. The Balaban J connectivity index is 1.68. The highest BCUT2D eigenvalue weighted by molar-refractivity contribution is 5.48. The SMILES string of the molecule is Cc1ccoc1CNc1ccc(-n2cncn2)cc1. The maximum atomic E-state index is 5.38. The highest BCUT2D eigenvalue weighted by Gasteiger charge is 2.02. The highest BCUT2D eigenvalue weighted by Crippen LogP contribution is 2.15. The van der Waals surface area contributed by atoms with Crippen LogP contribution in [0.25, 0.3) is 5.69 Å². The molecule has 1 aromatic carbocycles. The van der Waals surface area contributed by atoms with E-state index < -0.39 is 0 Å². The lowest BCUT2D eigenvalue weighted by atomic mass is 10.2. The lowest BCUT2D eigenvalue weighted by Gasteiger charge is -2.06. The fourth-order valence-corrected chi connectivity index (χ4v) is 1.84. The fourth-order valence-electron chi connectivity index (χ4n) is 1.84. The number of nitrogens with zero attached hydrogens (tertiary/aromatic N) is 3. The van der Waals surface area contributed by atoms with Crippen molar-refractivity contribution in [1.82, 2.24) is 14.8 Å². The molecule has 5 nitrogen and oxygen atoms in total. The van der Waals surface area contributed by atoms with Crippen LogP contribution in [0.2, 0.25) is 0 Å². The van der Waals surface area contributed by atoms with Gasteiger partial charge in [-0.15, -0.1) is 0 Å². The van der Waals surface area contributed by atoms with Gasteiger partial charge in [-0.3, -0.25) is 0 Å². The van der Waals surface area contributed by atoms with Gasteiger partial charge in [0, 0.05) is 5.69 Å². The molecule has 0 saturated carbocycles. The summed E-state index contributed by atoms with van der Waals surface area (Å²) in [6, 6.07) is 9.97. The van der Waals surface area contributed by atoms with Gasteiger partial charge in [-0.1, -0.05) is 0 Å². The second-order valence-corrected chi connectivity index (χ2v) is 4.27. The average Bonchev–Trinajstić information content (AvgIpc) is 3.09. The van der Waals surface area contributed by atoms with Crippen molar-refractivity contribution in [2.24, 2.45) is 0 Å². The highest BCUT2D eigenvalue weighted by atomic mass is 16.3. The predicted molar refractivity (Wildman–Crippen MR) is 72.1 cm³/mol. The van der Waals surface area contributed by atoms with Crippen LogP contribution in [0.3, 0.4) is 0 Å². The first-order valence-electron chi connectivity index (χ1n) is 6.05. The number of aryl methyl sites for hydroxylation is 1. The van der Waals surface area contributed by atoms with Crippen LogP contribution >= 0.6 is 0 Å². The van der Waals surface area contributed by atoms with Gasteiger partial charge in [-0.05, 0) is 42.8 Å². The molecule has 0 radical (unpaired) electrons. The van der Waals surface area contributed by atoms with Gasteiger partial charge >= 0.3 is 0 Å². The number of benzene rings is 1. The van der Waals surface area contributed by atoms with Crippen molar-refractivity contribution in [2.75, 3.05) is 5.32 Å². The monoisotopic (exact) mass is 254 g/mol. The Morgan fingerprint density at radius 1 is 1.21 bits per heavy atom. The lowest BCUT2D eigenvalue weighted by Crippen LogP contribution is -2.00. The fraction of sp³-hybridized carbons (Fsp3) is 0.143. The second kappa shape index (κ2) is 4.97. The molecule has 0 spiro atoms. The van der Waals surface area contributed by atoms with Crippen LogP contribution in [0.4, 0.5) is 5.69 Å². The Labute approximate surface area is 110 Å². The van der Waals surface area contributed by atoms with Gasteiger partial charge in [0.05, 0.1) is 18.5 Å². The van der Waals surface area contributed by atoms with E-state index in [0.717, 1.165) is 22.7 Å². The van der Waals surface area contributed by atoms with Crippen molar-refractivity contribution in [3.8, 4) is 5.69 Å². The van der Waals surface area contributed by atoms with E-state index in [-0.39, 0.29) is 0 Å². The van der Waals surface area contributed by atoms with Crippen molar-refractivity contribution in [2.45, 2.75) is 13.5 Å². The van der Waals surface area contributed by atoms with Crippen molar-refractivity contribution in [1.29, 1.82) is 0 Å². The minimum atomic E-state index is 0.682. The van der Waals surface area contributed by atoms with Gasteiger partial charge in [0.15, 0.2) is 0 Å². The summed E-state index contributed by atoms with van der Waals surface area (Å²) in [4.78, 5) is 3.92. The molecule has 2 heterocycles. The number of hydrogen-bond acceptors (Lipinski definition) is 4. The van der Waals surface area contributed by atoms with Gasteiger partial charge in [0.25, 0.3) is 0 Å². The molecule has 0 saturated heterocycles. The van der Waals surface area contributed by atoms with E-state index in [4.69, 9.17) is 4.42 Å².